The van der Waals surface area contributed by atoms with Crippen molar-refractivity contribution in [2.45, 2.75) is 32.4 Å². The Balaban J connectivity index is 1.94. The van der Waals surface area contributed by atoms with E-state index in [0.717, 1.165) is 22.3 Å². The fourth-order valence-corrected chi connectivity index (χ4v) is 3.58. The van der Waals surface area contributed by atoms with Crippen LogP contribution in [0.15, 0.2) is 78.9 Å². The summed E-state index contributed by atoms with van der Waals surface area (Å²) in [5.74, 6) is -0.721. The van der Waals surface area contributed by atoms with Gasteiger partial charge in [-0.1, -0.05) is 66.7 Å². The smallest absolute Gasteiger partial charge is 0.242 e. The molecular weight excluding hydrogens is 391 g/mol. The van der Waals surface area contributed by atoms with E-state index in [1.54, 1.807) is 24.1 Å². The van der Waals surface area contributed by atoms with Gasteiger partial charge in [-0.25, -0.2) is 4.39 Å². The number of likely N-dealkylation sites (N-methyl/N-ethyl adjacent to an activating group) is 1. The van der Waals surface area contributed by atoms with Crippen LogP contribution >= 0.6 is 0 Å². The number of hydrogen-bond donors (Lipinski definition) is 1. The lowest BCUT2D eigenvalue weighted by Crippen LogP contribution is -2.50. The van der Waals surface area contributed by atoms with Crippen molar-refractivity contribution in [3.05, 3.63) is 107 Å². The Bertz CT molecular complexity index is 1020. The number of nitrogens with one attached hydrogen (secondary N) is 1. The first-order valence-electron chi connectivity index (χ1n) is 10.3. The molecule has 0 aliphatic carbocycles. The minimum Gasteiger partial charge on any atom is -0.357 e. The summed E-state index contributed by atoms with van der Waals surface area (Å²) in [4.78, 5) is 27.9. The van der Waals surface area contributed by atoms with E-state index in [0.29, 0.717) is 6.42 Å². The maximum atomic E-state index is 13.5. The van der Waals surface area contributed by atoms with Gasteiger partial charge >= 0.3 is 0 Å². The number of carbonyl (C=O) groups excluding carboxylic acids is 2. The Morgan fingerprint density at radius 3 is 2.19 bits per heavy atom. The van der Waals surface area contributed by atoms with Crippen LogP contribution in [-0.4, -0.2) is 29.8 Å². The van der Waals surface area contributed by atoms with Crippen molar-refractivity contribution in [1.29, 1.82) is 0 Å². The first kappa shape index (κ1) is 22.2. The zero-order valence-electron chi connectivity index (χ0n) is 17.8. The number of amides is 2. The van der Waals surface area contributed by atoms with Crippen LogP contribution < -0.4 is 5.32 Å². The van der Waals surface area contributed by atoms with E-state index in [1.165, 1.54) is 12.1 Å². The van der Waals surface area contributed by atoms with Crippen LogP contribution in [0.4, 0.5) is 4.39 Å². The van der Waals surface area contributed by atoms with E-state index < -0.39 is 6.04 Å². The summed E-state index contributed by atoms with van der Waals surface area (Å²) in [6.07, 6.45) is 0.581. The molecule has 160 valence electrons. The number of carbonyl (C=O) groups is 2. The molecule has 0 unspecified atom stereocenters. The lowest BCUT2D eigenvalue weighted by molar-refractivity contribution is -0.140. The molecule has 0 spiro atoms. The molecule has 2 amide bonds. The lowest BCUT2D eigenvalue weighted by Gasteiger charge is -2.31. The van der Waals surface area contributed by atoms with Gasteiger partial charge < -0.3 is 10.2 Å². The monoisotopic (exact) mass is 418 g/mol. The van der Waals surface area contributed by atoms with Gasteiger partial charge in [-0.15, -0.1) is 0 Å². The molecule has 0 aromatic heterocycles. The second-order valence-electron chi connectivity index (χ2n) is 7.57. The topological polar surface area (TPSA) is 49.4 Å². The third-order valence-corrected chi connectivity index (χ3v) is 5.39. The zero-order valence-corrected chi connectivity index (χ0v) is 17.8. The second kappa shape index (κ2) is 10.5. The van der Waals surface area contributed by atoms with Crippen molar-refractivity contribution in [2.75, 3.05) is 7.05 Å². The normalized spacial score (nSPS) is 11.6. The SMILES string of the molecule is CNC(=O)[C@H](Cc1ccccc1)N(Cc1ccc(F)cc1)C(=O)Cc1ccccc1C. The van der Waals surface area contributed by atoms with E-state index in [4.69, 9.17) is 0 Å². The highest BCUT2D eigenvalue weighted by Gasteiger charge is 2.30. The number of nitrogens with zero attached hydrogens (tertiary/aromatic N) is 1. The van der Waals surface area contributed by atoms with Gasteiger partial charge in [-0.05, 0) is 41.3 Å². The van der Waals surface area contributed by atoms with Crippen LogP contribution in [0.1, 0.15) is 22.3 Å². The molecule has 0 heterocycles. The van der Waals surface area contributed by atoms with Crippen LogP contribution in [0.5, 0.6) is 0 Å². The van der Waals surface area contributed by atoms with Gasteiger partial charge in [0.15, 0.2) is 0 Å². The predicted molar refractivity (Wildman–Crippen MR) is 120 cm³/mol. The standard InChI is InChI=1S/C26H27FN2O2/c1-19-8-6-7-11-22(19)17-25(30)29(18-21-12-14-23(27)15-13-21)24(26(31)28-2)16-20-9-4-3-5-10-20/h3-15,24H,16-18H2,1-2H3,(H,28,31)/t24-/m0/s1. The number of rotatable bonds is 8. The van der Waals surface area contributed by atoms with Crippen molar-refractivity contribution < 1.29 is 14.0 Å². The number of aryl methyl sites for hydroxylation is 1. The van der Waals surface area contributed by atoms with Gasteiger partial charge in [0, 0.05) is 20.0 Å². The first-order valence-corrected chi connectivity index (χ1v) is 10.3. The van der Waals surface area contributed by atoms with Crippen molar-refractivity contribution in [1.82, 2.24) is 10.2 Å². The van der Waals surface area contributed by atoms with Crippen molar-refractivity contribution in [2.24, 2.45) is 0 Å². The fraction of sp³-hybridized carbons (Fsp3) is 0.231. The highest BCUT2D eigenvalue weighted by Crippen LogP contribution is 2.18. The van der Waals surface area contributed by atoms with E-state index >= 15 is 0 Å². The van der Waals surface area contributed by atoms with E-state index in [2.05, 4.69) is 5.32 Å². The first-order chi connectivity index (χ1) is 15.0. The summed E-state index contributed by atoms with van der Waals surface area (Å²) in [7, 11) is 1.57. The number of benzene rings is 3. The molecule has 1 atom stereocenters. The molecule has 0 saturated heterocycles. The molecule has 0 saturated carbocycles. The molecule has 0 aliphatic heterocycles. The average Bonchev–Trinajstić information content (AvgIpc) is 2.79. The van der Waals surface area contributed by atoms with Crippen molar-refractivity contribution >= 4 is 11.8 Å². The Morgan fingerprint density at radius 1 is 0.903 bits per heavy atom. The summed E-state index contributed by atoms with van der Waals surface area (Å²) < 4.78 is 13.4. The van der Waals surface area contributed by atoms with Crippen molar-refractivity contribution in [3.8, 4) is 0 Å². The molecule has 31 heavy (non-hydrogen) atoms. The molecule has 0 bridgehead atoms. The summed E-state index contributed by atoms with van der Waals surface area (Å²) in [6, 6.07) is 22.7. The molecule has 5 heteroatoms. The van der Waals surface area contributed by atoms with E-state index in [9.17, 15) is 14.0 Å². The molecule has 0 aliphatic rings. The summed E-state index contributed by atoms with van der Waals surface area (Å²) in [6.45, 7) is 2.18. The van der Waals surface area contributed by atoms with Gasteiger partial charge in [0.2, 0.25) is 11.8 Å². The van der Waals surface area contributed by atoms with Gasteiger partial charge in [0.25, 0.3) is 0 Å². The van der Waals surface area contributed by atoms with Gasteiger partial charge in [0.05, 0.1) is 6.42 Å². The number of halogens is 1. The highest BCUT2D eigenvalue weighted by atomic mass is 19.1. The van der Waals surface area contributed by atoms with Crippen LogP contribution in [-0.2, 0) is 29.0 Å². The molecule has 3 aromatic rings. The summed E-state index contributed by atoms with van der Waals surface area (Å²) >= 11 is 0. The molecular formula is C26H27FN2O2. The largest absolute Gasteiger partial charge is 0.357 e. The quantitative estimate of drug-likeness (QED) is 0.600. The van der Waals surface area contributed by atoms with Crippen LogP contribution in [0.25, 0.3) is 0 Å². The zero-order chi connectivity index (χ0) is 22.2. The Kier molecular flexibility index (Phi) is 7.55. The molecule has 4 nitrogen and oxygen atoms in total. The van der Waals surface area contributed by atoms with E-state index in [1.807, 2.05) is 61.5 Å². The maximum Gasteiger partial charge on any atom is 0.242 e. The van der Waals surface area contributed by atoms with Gasteiger partial charge in [-0.2, -0.15) is 0 Å². The molecule has 0 radical (unpaired) electrons. The van der Waals surface area contributed by atoms with Crippen LogP contribution in [0.3, 0.4) is 0 Å². The fourth-order valence-electron chi connectivity index (χ4n) is 3.58. The minimum absolute atomic E-state index is 0.150. The maximum absolute atomic E-state index is 13.5. The summed E-state index contributed by atoms with van der Waals surface area (Å²) in [5, 5.41) is 2.70. The van der Waals surface area contributed by atoms with Gasteiger partial charge in [-0.3, -0.25) is 9.59 Å². The molecule has 0 fully saturated rings. The van der Waals surface area contributed by atoms with Crippen LogP contribution in [0.2, 0.25) is 0 Å². The lowest BCUT2D eigenvalue weighted by atomic mass is 10.0. The third-order valence-electron chi connectivity index (χ3n) is 5.39. The number of hydrogen-bond acceptors (Lipinski definition) is 2. The molecule has 1 N–H and O–H groups in total. The highest BCUT2D eigenvalue weighted by molar-refractivity contribution is 5.88. The van der Waals surface area contributed by atoms with Crippen LogP contribution in [0, 0.1) is 12.7 Å². The molecule has 3 aromatic carbocycles. The Morgan fingerprint density at radius 2 is 1.55 bits per heavy atom. The average molecular weight is 419 g/mol. The van der Waals surface area contributed by atoms with Gasteiger partial charge in [0.1, 0.15) is 11.9 Å². The van der Waals surface area contributed by atoms with Crippen molar-refractivity contribution in [3.63, 3.8) is 0 Å². The summed E-state index contributed by atoms with van der Waals surface area (Å²) in [5.41, 5.74) is 3.68. The minimum atomic E-state index is -0.686. The van der Waals surface area contributed by atoms with E-state index in [-0.39, 0.29) is 30.6 Å². The Labute approximate surface area is 182 Å². The Hall–Kier alpha value is -3.47. The third kappa shape index (κ3) is 6.01. The predicted octanol–water partition coefficient (Wildman–Crippen LogP) is 4.06. The molecule has 3 rings (SSSR count). The second-order valence-corrected chi connectivity index (χ2v) is 7.57.